The highest BCUT2D eigenvalue weighted by molar-refractivity contribution is 6.34. The van der Waals surface area contributed by atoms with Crippen molar-refractivity contribution in [2.75, 3.05) is 5.32 Å². The van der Waals surface area contributed by atoms with Crippen LogP contribution in [0.2, 0.25) is 5.02 Å². The van der Waals surface area contributed by atoms with Gasteiger partial charge < -0.3 is 9.84 Å². The number of carbonyl (C=O) groups is 1. The predicted molar refractivity (Wildman–Crippen MR) is 79.5 cm³/mol. The first kappa shape index (κ1) is 14.6. The van der Waals surface area contributed by atoms with Crippen molar-refractivity contribution >= 4 is 23.2 Å². The van der Waals surface area contributed by atoms with Crippen molar-refractivity contribution in [1.82, 2.24) is 5.16 Å². The van der Waals surface area contributed by atoms with Crippen molar-refractivity contribution in [2.45, 2.75) is 33.6 Å². The summed E-state index contributed by atoms with van der Waals surface area (Å²) in [5.41, 5.74) is 2.68. The zero-order valence-electron chi connectivity index (χ0n) is 12.0. The first-order valence-electron chi connectivity index (χ1n) is 6.43. The van der Waals surface area contributed by atoms with Crippen molar-refractivity contribution in [3.05, 3.63) is 45.8 Å². The fourth-order valence-electron chi connectivity index (χ4n) is 1.96. The Balaban J connectivity index is 2.31. The topological polar surface area (TPSA) is 55.1 Å². The number of aromatic nitrogens is 1. The molecule has 1 heterocycles. The molecule has 2 rings (SSSR count). The number of rotatable bonds is 3. The summed E-state index contributed by atoms with van der Waals surface area (Å²) in [5, 5.41) is 7.19. The van der Waals surface area contributed by atoms with Gasteiger partial charge in [0.1, 0.15) is 5.56 Å². The first-order chi connectivity index (χ1) is 9.40. The molecule has 0 saturated heterocycles. The van der Waals surface area contributed by atoms with Crippen LogP contribution in [0.4, 0.5) is 5.69 Å². The summed E-state index contributed by atoms with van der Waals surface area (Å²) < 4.78 is 5.22. The van der Waals surface area contributed by atoms with Gasteiger partial charge in [0.05, 0.1) is 16.4 Å². The molecule has 0 radical (unpaired) electrons. The average Bonchev–Trinajstić information content (AvgIpc) is 2.75. The lowest BCUT2D eigenvalue weighted by molar-refractivity contribution is 0.102. The highest BCUT2D eigenvalue weighted by Crippen LogP contribution is 2.26. The van der Waals surface area contributed by atoms with Crippen molar-refractivity contribution in [3.8, 4) is 0 Å². The number of carbonyl (C=O) groups excluding carboxylic acids is 1. The number of benzene rings is 1. The molecule has 0 unspecified atom stereocenters. The Hall–Kier alpha value is -1.81. The third-order valence-electron chi connectivity index (χ3n) is 3.01. The number of aryl methyl sites for hydroxylation is 2. The molecule has 4 nitrogen and oxygen atoms in total. The fourth-order valence-corrected chi connectivity index (χ4v) is 2.25. The maximum atomic E-state index is 12.4. The van der Waals surface area contributed by atoms with Gasteiger partial charge in [-0.3, -0.25) is 4.79 Å². The fraction of sp³-hybridized carbons (Fsp3) is 0.333. The second kappa shape index (κ2) is 5.67. The van der Waals surface area contributed by atoms with Crippen molar-refractivity contribution < 1.29 is 9.32 Å². The Morgan fingerprint density at radius 3 is 2.65 bits per heavy atom. The minimum atomic E-state index is -0.252. The van der Waals surface area contributed by atoms with E-state index in [-0.39, 0.29) is 11.8 Å². The van der Waals surface area contributed by atoms with Crippen molar-refractivity contribution in [3.63, 3.8) is 0 Å². The molecule has 2 aromatic rings. The zero-order valence-corrected chi connectivity index (χ0v) is 12.7. The number of nitrogens with zero attached hydrogens (tertiary/aromatic N) is 1. The quantitative estimate of drug-likeness (QED) is 0.916. The molecule has 1 amide bonds. The SMILES string of the molecule is Cc1ccc(NC(=O)c2c(C)noc2C(C)C)c(Cl)c1. The number of nitrogens with one attached hydrogen (secondary N) is 1. The number of hydrogen-bond acceptors (Lipinski definition) is 3. The van der Waals surface area contributed by atoms with Crippen LogP contribution in [0, 0.1) is 13.8 Å². The van der Waals surface area contributed by atoms with Crippen molar-refractivity contribution in [1.29, 1.82) is 0 Å². The van der Waals surface area contributed by atoms with Gasteiger partial charge in [-0.05, 0) is 31.5 Å². The smallest absolute Gasteiger partial charge is 0.261 e. The molecule has 1 aromatic carbocycles. The molecule has 0 aliphatic heterocycles. The minimum absolute atomic E-state index is 0.0884. The molecule has 0 aliphatic carbocycles. The summed E-state index contributed by atoms with van der Waals surface area (Å²) in [6.07, 6.45) is 0. The molecule has 0 fully saturated rings. The van der Waals surface area contributed by atoms with Crippen LogP contribution in [0.3, 0.4) is 0 Å². The maximum absolute atomic E-state index is 12.4. The van der Waals surface area contributed by atoms with E-state index in [4.69, 9.17) is 16.1 Å². The second-order valence-corrected chi connectivity index (χ2v) is 5.51. The monoisotopic (exact) mass is 292 g/mol. The third-order valence-corrected chi connectivity index (χ3v) is 3.33. The lowest BCUT2D eigenvalue weighted by Crippen LogP contribution is -2.15. The molecule has 0 aliphatic rings. The van der Waals surface area contributed by atoms with E-state index in [2.05, 4.69) is 10.5 Å². The van der Waals surface area contributed by atoms with Gasteiger partial charge in [0.2, 0.25) is 0 Å². The molecule has 0 atom stereocenters. The van der Waals surface area contributed by atoms with E-state index < -0.39 is 0 Å². The highest BCUT2D eigenvalue weighted by Gasteiger charge is 2.23. The normalized spacial score (nSPS) is 10.9. The molecule has 20 heavy (non-hydrogen) atoms. The maximum Gasteiger partial charge on any atom is 0.261 e. The molecule has 106 valence electrons. The van der Waals surface area contributed by atoms with E-state index in [1.54, 1.807) is 19.1 Å². The highest BCUT2D eigenvalue weighted by atomic mass is 35.5. The molecule has 0 bridgehead atoms. The summed E-state index contributed by atoms with van der Waals surface area (Å²) in [5.74, 6) is 0.423. The Kier molecular flexibility index (Phi) is 4.14. The molecule has 5 heteroatoms. The molecular weight excluding hydrogens is 276 g/mol. The Morgan fingerprint density at radius 2 is 2.05 bits per heavy atom. The average molecular weight is 293 g/mol. The summed E-state index contributed by atoms with van der Waals surface area (Å²) in [6, 6.07) is 5.49. The van der Waals surface area contributed by atoms with Gasteiger partial charge in [-0.25, -0.2) is 0 Å². The number of anilines is 1. The van der Waals surface area contributed by atoms with Gasteiger partial charge >= 0.3 is 0 Å². The van der Waals surface area contributed by atoms with E-state index in [0.29, 0.717) is 27.7 Å². The summed E-state index contributed by atoms with van der Waals surface area (Å²) in [7, 11) is 0. The van der Waals surface area contributed by atoms with Crippen LogP contribution in [0.1, 0.15) is 47.1 Å². The molecule has 1 aromatic heterocycles. The van der Waals surface area contributed by atoms with Crippen LogP contribution < -0.4 is 5.32 Å². The molecule has 1 N–H and O–H groups in total. The summed E-state index contributed by atoms with van der Waals surface area (Å²) >= 11 is 6.12. The Bertz CT molecular complexity index is 647. The van der Waals surface area contributed by atoms with Crippen LogP contribution in [0.25, 0.3) is 0 Å². The van der Waals surface area contributed by atoms with Crippen LogP contribution in [-0.4, -0.2) is 11.1 Å². The van der Waals surface area contributed by atoms with Gasteiger partial charge in [-0.2, -0.15) is 0 Å². The van der Waals surface area contributed by atoms with Crippen LogP contribution in [0.5, 0.6) is 0 Å². The summed E-state index contributed by atoms with van der Waals surface area (Å²) in [4.78, 5) is 12.4. The van der Waals surface area contributed by atoms with Gasteiger partial charge in [-0.15, -0.1) is 0 Å². The van der Waals surface area contributed by atoms with Crippen LogP contribution in [0.15, 0.2) is 22.7 Å². The standard InChI is InChI=1S/C15H17ClN2O2/c1-8(2)14-13(10(4)18-20-14)15(19)17-12-6-5-9(3)7-11(12)16/h5-8H,1-4H3,(H,17,19). The van der Waals surface area contributed by atoms with Crippen LogP contribution >= 0.6 is 11.6 Å². The van der Waals surface area contributed by atoms with Gasteiger partial charge in [0.15, 0.2) is 5.76 Å². The van der Waals surface area contributed by atoms with Crippen molar-refractivity contribution in [2.24, 2.45) is 0 Å². The largest absolute Gasteiger partial charge is 0.360 e. The Labute approximate surface area is 123 Å². The molecular formula is C15H17ClN2O2. The van der Waals surface area contributed by atoms with Gasteiger partial charge in [0.25, 0.3) is 5.91 Å². The van der Waals surface area contributed by atoms with E-state index in [0.717, 1.165) is 5.56 Å². The molecule has 0 saturated carbocycles. The second-order valence-electron chi connectivity index (χ2n) is 5.10. The van der Waals surface area contributed by atoms with E-state index in [1.165, 1.54) is 0 Å². The van der Waals surface area contributed by atoms with E-state index >= 15 is 0 Å². The zero-order chi connectivity index (χ0) is 14.9. The first-order valence-corrected chi connectivity index (χ1v) is 6.81. The van der Waals surface area contributed by atoms with Gasteiger partial charge in [-0.1, -0.05) is 36.7 Å². The third kappa shape index (κ3) is 2.85. The van der Waals surface area contributed by atoms with Gasteiger partial charge in [0, 0.05) is 5.92 Å². The predicted octanol–water partition coefficient (Wildman–Crippen LogP) is 4.32. The molecule has 0 spiro atoms. The van der Waals surface area contributed by atoms with Crippen LogP contribution in [-0.2, 0) is 0 Å². The summed E-state index contributed by atoms with van der Waals surface area (Å²) in [6.45, 7) is 7.60. The lowest BCUT2D eigenvalue weighted by atomic mass is 10.0. The number of halogens is 1. The van der Waals surface area contributed by atoms with E-state index in [1.807, 2.05) is 26.8 Å². The number of hydrogen-bond donors (Lipinski definition) is 1. The Morgan fingerprint density at radius 1 is 1.35 bits per heavy atom. The minimum Gasteiger partial charge on any atom is -0.360 e. The number of amides is 1. The van der Waals surface area contributed by atoms with E-state index in [9.17, 15) is 4.79 Å². The lowest BCUT2D eigenvalue weighted by Gasteiger charge is -2.09.